The zero-order valence-electron chi connectivity index (χ0n) is 13.2. The van der Waals surface area contributed by atoms with Crippen molar-refractivity contribution in [3.8, 4) is 0 Å². The van der Waals surface area contributed by atoms with Crippen molar-refractivity contribution in [2.75, 3.05) is 17.6 Å². The van der Waals surface area contributed by atoms with E-state index in [4.69, 9.17) is 5.73 Å². The highest BCUT2D eigenvalue weighted by molar-refractivity contribution is 5.65. The lowest BCUT2D eigenvalue weighted by Gasteiger charge is -2.40. The average Bonchev–Trinajstić information content (AvgIpc) is 2.67. The van der Waals surface area contributed by atoms with Crippen molar-refractivity contribution < 1.29 is 5.11 Å². The van der Waals surface area contributed by atoms with E-state index in [-0.39, 0.29) is 0 Å². The van der Waals surface area contributed by atoms with Crippen LogP contribution in [-0.2, 0) is 13.5 Å². The fraction of sp³-hybridized carbons (Fsp3) is 0.800. The summed E-state index contributed by atoms with van der Waals surface area (Å²) in [7, 11) is 1.88. The van der Waals surface area contributed by atoms with E-state index in [0.29, 0.717) is 17.6 Å². The summed E-state index contributed by atoms with van der Waals surface area (Å²) in [6, 6.07) is 0. The summed E-state index contributed by atoms with van der Waals surface area (Å²) in [5, 5.41) is 18.4. The summed E-state index contributed by atoms with van der Waals surface area (Å²) in [5.74, 6) is 0.820. The Bertz CT molecular complexity index is 468. The van der Waals surface area contributed by atoms with Crippen molar-refractivity contribution in [1.82, 2.24) is 9.78 Å². The van der Waals surface area contributed by atoms with E-state index in [1.165, 1.54) is 0 Å². The monoisotopic (exact) mass is 280 g/mol. The van der Waals surface area contributed by atoms with Crippen molar-refractivity contribution >= 4 is 11.5 Å². The van der Waals surface area contributed by atoms with Gasteiger partial charge in [0.25, 0.3) is 0 Å². The molecule has 1 aliphatic rings. The maximum atomic E-state index is 10.7. The van der Waals surface area contributed by atoms with Gasteiger partial charge in [-0.15, -0.1) is 0 Å². The second kappa shape index (κ2) is 5.28. The quantitative estimate of drug-likeness (QED) is 0.791. The Kier molecular flexibility index (Phi) is 4.00. The molecule has 5 nitrogen and oxygen atoms in total. The first-order chi connectivity index (χ1) is 9.26. The summed E-state index contributed by atoms with van der Waals surface area (Å²) in [6.07, 6.45) is 4.62. The van der Waals surface area contributed by atoms with E-state index in [0.717, 1.165) is 43.6 Å². The van der Waals surface area contributed by atoms with Crippen molar-refractivity contribution in [3.05, 3.63) is 5.69 Å². The number of nitrogen functional groups attached to an aromatic ring is 1. The molecule has 4 N–H and O–H groups in total. The number of rotatable bonds is 4. The Morgan fingerprint density at radius 1 is 1.30 bits per heavy atom. The molecule has 0 spiro atoms. The fourth-order valence-corrected chi connectivity index (χ4v) is 2.88. The Balaban J connectivity index is 2.00. The van der Waals surface area contributed by atoms with Crippen molar-refractivity contribution in [3.63, 3.8) is 0 Å². The third kappa shape index (κ3) is 3.08. The highest BCUT2D eigenvalue weighted by atomic mass is 16.3. The van der Waals surface area contributed by atoms with Crippen LogP contribution >= 0.6 is 0 Å². The molecular weight excluding hydrogens is 252 g/mol. The van der Waals surface area contributed by atoms with Gasteiger partial charge in [-0.05, 0) is 37.5 Å². The fourth-order valence-electron chi connectivity index (χ4n) is 2.88. The van der Waals surface area contributed by atoms with Crippen LogP contribution in [0.4, 0.5) is 11.5 Å². The molecule has 1 heterocycles. The Morgan fingerprint density at radius 2 is 1.90 bits per heavy atom. The SMILES string of the molecule is CCc1nn(C)c(NCC2(O)CCC(C)(C)CC2)c1N. The molecule has 0 aliphatic heterocycles. The molecule has 0 radical (unpaired) electrons. The van der Waals surface area contributed by atoms with Gasteiger partial charge in [0.1, 0.15) is 5.82 Å². The van der Waals surface area contributed by atoms with Gasteiger partial charge in [-0.1, -0.05) is 20.8 Å². The van der Waals surface area contributed by atoms with E-state index < -0.39 is 5.60 Å². The molecule has 5 heteroatoms. The lowest BCUT2D eigenvalue weighted by Crippen LogP contribution is -2.42. The first-order valence-electron chi connectivity index (χ1n) is 7.54. The third-order valence-corrected chi connectivity index (χ3v) is 4.61. The average molecular weight is 280 g/mol. The van der Waals surface area contributed by atoms with Crippen LogP contribution in [0.3, 0.4) is 0 Å². The molecule has 0 bridgehead atoms. The van der Waals surface area contributed by atoms with Crippen LogP contribution in [0.5, 0.6) is 0 Å². The molecule has 1 fully saturated rings. The summed E-state index contributed by atoms with van der Waals surface area (Å²) < 4.78 is 1.77. The van der Waals surface area contributed by atoms with Crippen molar-refractivity contribution in [2.45, 2.75) is 58.5 Å². The second-order valence-corrected chi connectivity index (χ2v) is 6.93. The summed E-state index contributed by atoms with van der Waals surface area (Å²) in [6.45, 7) is 7.12. The Hall–Kier alpha value is -1.23. The molecular formula is C15H28N4O. The van der Waals surface area contributed by atoms with Gasteiger partial charge in [0.05, 0.1) is 17.0 Å². The number of aromatic nitrogens is 2. The number of aryl methyl sites for hydroxylation is 2. The predicted molar refractivity (Wildman–Crippen MR) is 82.7 cm³/mol. The van der Waals surface area contributed by atoms with Crippen LogP contribution < -0.4 is 11.1 Å². The zero-order chi connectivity index (χ0) is 15.0. The minimum absolute atomic E-state index is 0.354. The van der Waals surface area contributed by atoms with Crippen LogP contribution in [0.1, 0.15) is 52.1 Å². The molecule has 1 aliphatic carbocycles. The van der Waals surface area contributed by atoms with E-state index >= 15 is 0 Å². The Morgan fingerprint density at radius 3 is 2.40 bits per heavy atom. The number of nitrogens with two attached hydrogens (primary N) is 1. The smallest absolute Gasteiger partial charge is 0.147 e. The molecule has 0 saturated heterocycles. The van der Waals surface area contributed by atoms with Crippen LogP contribution in [-0.4, -0.2) is 27.0 Å². The van der Waals surface area contributed by atoms with Gasteiger partial charge in [-0.2, -0.15) is 5.10 Å². The van der Waals surface area contributed by atoms with Gasteiger partial charge in [0, 0.05) is 13.6 Å². The number of hydrogen-bond donors (Lipinski definition) is 3. The van der Waals surface area contributed by atoms with Gasteiger partial charge in [-0.3, -0.25) is 4.68 Å². The summed E-state index contributed by atoms with van der Waals surface area (Å²) in [4.78, 5) is 0. The van der Waals surface area contributed by atoms with E-state index in [1.807, 2.05) is 14.0 Å². The predicted octanol–water partition coefficient (Wildman–Crippen LogP) is 2.31. The second-order valence-electron chi connectivity index (χ2n) is 6.93. The maximum Gasteiger partial charge on any atom is 0.147 e. The molecule has 1 aromatic heterocycles. The standard InChI is InChI=1S/C15H28N4O/c1-5-11-12(16)13(19(4)18-11)17-10-15(20)8-6-14(2,3)7-9-15/h17,20H,5-10,16H2,1-4H3. The molecule has 114 valence electrons. The number of hydrogen-bond acceptors (Lipinski definition) is 4. The molecule has 0 aromatic carbocycles. The van der Waals surface area contributed by atoms with Crippen molar-refractivity contribution in [2.24, 2.45) is 12.5 Å². The van der Waals surface area contributed by atoms with Crippen LogP contribution in [0, 0.1) is 5.41 Å². The lowest BCUT2D eigenvalue weighted by molar-refractivity contribution is -0.0146. The first-order valence-corrected chi connectivity index (χ1v) is 7.54. The summed E-state index contributed by atoms with van der Waals surface area (Å²) in [5.41, 5.74) is 7.43. The molecule has 1 aromatic rings. The number of nitrogens with one attached hydrogen (secondary N) is 1. The van der Waals surface area contributed by atoms with Crippen LogP contribution in [0.15, 0.2) is 0 Å². The van der Waals surface area contributed by atoms with E-state index in [9.17, 15) is 5.11 Å². The highest BCUT2D eigenvalue weighted by Crippen LogP contribution is 2.40. The summed E-state index contributed by atoms with van der Waals surface area (Å²) >= 11 is 0. The van der Waals surface area contributed by atoms with E-state index in [2.05, 4.69) is 24.3 Å². The van der Waals surface area contributed by atoms with Gasteiger partial charge in [-0.25, -0.2) is 0 Å². The largest absolute Gasteiger partial charge is 0.394 e. The van der Waals surface area contributed by atoms with E-state index in [1.54, 1.807) is 4.68 Å². The number of aliphatic hydroxyl groups is 1. The molecule has 0 amide bonds. The number of nitrogens with zero attached hydrogens (tertiary/aromatic N) is 2. The zero-order valence-corrected chi connectivity index (χ0v) is 13.2. The van der Waals surface area contributed by atoms with Crippen molar-refractivity contribution in [1.29, 1.82) is 0 Å². The minimum atomic E-state index is -0.626. The number of anilines is 2. The highest BCUT2D eigenvalue weighted by Gasteiger charge is 2.36. The van der Waals surface area contributed by atoms with Gasteiger partial charge < -0.3 is 16.2 Å². The molecule has 1 saturated carbocycles. The molecule has 20 heavy (non-hydrogen) atoms. The topological polar surface area (TPSA) is 76.1 Å². The molecule has 2 rings (SSSR count). The third-order valence-electron chi connectivity index (χ3n) is 4.61. The van der Waals surface area contributed by atoms with Crippen LogP contribution in [0.25, 0.3) is 0 Å². The molecule has 0 unspecified atom stereocenters. The first kappa shape index (κ1) is 15.2. The minimum Gasteiger partial charge on any atom is -0.394 e. The lowest BCUT2D eigenvalue weighted by atomic mass is 9.71. The Labute approximate surface area is 121 Å². The maximum absolute atomic E-state index is 10.7. The normalized spacial score (nSPS) is 20.9. The van der Waals surface area contributed by atoms with Gasteiger partial charge in [0.15, 0.2) is 0 Å². The molecule has 0 atom stereocenters. The van der Waals surface area contributed by atoms with Crippen LogP contribution in [0.2, 0.25) is 0 Å². The van der Waals surface area contributed by atoms with Gasteiger partial charge >= 0.3 is 0 Å². The van der Waals surface area contributed by atoms with Gasteiger partial charge in [0.2, 0.25) is 0 Å².